The Morgan fingerprint density at radius 3 is 2.69 bits per heavy atom. The Labute approximate surface area is 96.8 Å². The molecular weight excluding hydrogens is 218 g/mol. The zero-order valence-corrected chi connectivity index (χ0v) is 9.24. The van der Waals surface area contributed by atoms with Gasteiger partial charge in [-0.2, -0.15) is 5.10 Å². The number of thiazole rings is 1. The average Bonchev–Trinajstić information content (AvgIpc) is 3.01. The van der Waals surface area contributed by atoms with Gasteiger partial charge in [0.05, 0.1) is 11.9 Å². The Morgan fingerprint density at radius 2 is 1.94 bits per heavy atom. The van der Waals surface area contributed by atoms with Crippen LogP contribution in [0.5, 0.6) is 0 Å². The van der Waals surface area contributed by atoms with Crippen LogP contribution in [0.15, 0.2) is 48.1 Å². The van der Waals surface area contributed by atoms with Crippen LogP contribution in [0.1, 0.15) is 0 Å². The van der Waals surface area contributed by atoms with E-state index >= 15 is 0 Å². The van der Waals surface area contributed by atoms with Crippen molar-refractivity contribution >= 4 is 11.3 Å². The van der Waals surface area contributed by atoms with E-state index in [9.17, 15) is 0 Å². The van der Waals surface area contributed by atoms with Crippen LogP contribution < -0.4 is 0 Å². The minimum absolute atomic E-state index is 0.993. The van der Waals surface area contributed by atoms with E-state index in [4.69, 9.17) is 0 Å². The maximum Gasteiger partial charge on any atom is 0.127 e. The second-order valence-corrected chi connectivity index (χ2v) is 4.25. The number of benzene rings is 1. The summed E-state index contributed by atoms with van der Waals surface area (Å²) in [6, 6.07) is 10.2. The number of hydrogen-bond donors (Lipinski definition) is 1. The number of nitrogens with one attached hydrogen (secondary N) is 1. The van der Waals surface area contributed by atoms with Crippen molar-refractivity contribution in [2.75, 3.05) is 0 Å². The predicted molar refractivity (Wildman–Crippen MR) is 65.1 cm³/mol. The molecule has 2 aromatic heterocycles. The van der Waals surface area contributed by atoms with Crippen LogP contribution in [0.25, 0.3) is 21.8 Å². The summed E-state index contributed by atoms with van der Waals surface area (Å²) in [6.07, 6.45) is 3.64. The molecule has 0 aliphatic rings. The van der Waals surface area contributed by atoms with Crippen molar-refractivity contribution in [3.63, 3.8) is 0 Å². The number of nitrogens with zero attached hydrogens (tertiary/aromatic N) is 2. The smallest absolute Gasteiger partial charge is 0.127 e. The molecule has 3 rings (SSSR count). The van der Waals surface area contributed by atoms with E-state index in [0.717, 1.165) is 21.8 Å². The van der Waals surface area contributed by atoms with Crippen LogP contribution in [-0.2, 0) is 0 Å². The molecule has 2 heterocycles. The van der Waals surface area contributed by atoms with Gasteiger partial charge < -0.3 is 0 Å². The Kier molecular flexibility index (Phi) is 2.27. The highest BCUT2D eigenvalue weighted by Gasteiger charge is 2.06. The molecule has 0 unspecified atom stereocenters. The number of rotatable bonds is 2. The van der Waals surface area contributed by atoms with E-state index in [0.29, 0.717) is 0 Å². The molecule has 78 valence electrons. The molecule has 0 amide bonds. The lowest BCUT2D eigenvalue weighted by atomic mass is 10.2. The van der Waals surface area contributed by atoms with Crippen LogP contribution >= 0.6 is 11.3 Å². The van der Waals surface area contributed by atoms with Gasteiger partial charge in [-0.3, -0.25) is 5.10 Å². The molecule has 16 heavy (non-hydrogen) atoms. The summed E-state index contributed by atoms with van der Waals surface area (Å²) in [5, 5.41) is 9.78. The number of H-pyrrole nitrogens is 1. The highest BCUT2D eigenvalue weighted by Crippen LogP contribution is 2.27. The summed E-state index contributed by atoms with van der Waals surface area (Å²) in [7, 11) is 0. The third-order valence-electron chi connectivity index (χ3n) is 2.32. The topological polar surface area (TPSA) is 41.6 Å². The van der Waals surface area contributed by atoms with Gasteiger partial charge in [0.25, 0.3) is 0 Å². The summed E-state index contributed by atoms with van der Waals surface area (Å²) in [6.45, 7) is 0. The summed E-state index contributed by atoms with van der Waals surface area (Å²) in [5.74, 6) is 0. The van der Waals surface area contributed by atoms with Crippen molar-refractivity contribution < 1.29 is 0 Å². The van der Waals surface area contributed by atoms with Crippen molar-refractivity contribution in [1.82, 2.24) is 15.2 Å². The third-order valence-corrected chi connectivity index (χ3v) is 3.21. The minimum atomic E-state index is 0.993. The van der Waals surface area contributed by atoms with Gasteiger partial charge in [-0.15, -0.1) is 11.3 Å². The van der Waals surface area contributed by atoms with Crippen molar-refractivity contribution in [2.45, 2.75) is 0 Å². The third kappa shape index (κ3) is 1.63. The second kappa shape index (κ2) is 3.90. The maximum atomic E-state index is 4.58. The van der Waals surface area contributed by atoms with Gasteiger partial charge in [0.15, 0.2) is 0 Å². The lowest BCUT2D eigenvalue weighted by molar-refractivity contribution is 1.09. The zero-order chi connectivity index (χ0) is 10.8. The van der Waals surface area contributed by atoms with Crippen molar-refractivity contribution in [1.29, 1.82) is 0 Å². The molecule has 0 radical (unpaired) electrons. The molecule has 0 fully saturated rings. The first kappa shape index (κ1) is 9.30. The SMILES string of the molecule is c1ccc(-c2csc(-c3cn[nH]c3)n2)cc1. The molecule has 1 aromatic carbocycles. The number of aromatic nitrogens is 3. The van der Waals surface area contributed by atoms with Gasteiger partial charge in [-0.05, 0) is 0 Å². The van der Waals surface area contributed by atoms with Crippen molar-refractivity contribution in [3.8, 4) is 21.8 Å². The van der Waals surface area contributed by atoms with Gasteiger partial charge in [0, 0.05) is 22.7 Å². The monoisotopic (exact) mass is 227 g/mol. The quantitative estimate of drug-likeness (QED) is 0.730. The summed E-state index contributed by atoms with van der Waals surface area (Å²) in [4.78, 5) is 4.58. The average molecular weight is 227 g/mol. The lowest BCUT2D eigenvalue weighted by Gasteiger charge is -1.93. The van der Waals surface area contributed by atoms with Gasteiger partial charge in [-0.1, -0.05) is 30.3 Å². The normalized spacial score (nSPS) is 10.5. The minimum Gasteiger partial charge on any atom is -0.285 e. The second-order valence-electron chi connectivity index (χ2n) is 3.39. The highest BCUT2D eigenvalue weighted by molar-refractivity contribution is 7.13. The molecule has 1 N–H and O–H groups in total. The first-order valence-electron chi connectivity index (χ1n) is 4.93. The van der Waals surface area contributed by atoms with Gasteiger partial charge >= 0.3 is 0 Å². The number of aromatic amines is 1. The molecule has 0 saturated heterocycles. The van der Waals surface area contributed by atoms with Crippen LogP contribution in [0, 0.1) is 0 Å². The molecule has 3 nitrogen and oxygen atoms in total. The highest BCUT2D eigenvalue weighted by atomic mass is 32.1. The van der Waals surface area contributed by atoms with Crippen LogP contribution in [0.4, 0.5) is 0 Å². The fourth-order valence-electron chi connectivity index (χ4n) is 1.52. The predicted octanol–water partition coefficient (Wildman–Crippen LogP) is 3.20. The van der Waals surface area contributed by atoms with Crippen molar-refractivity contribution in [2.24, 2.45) is 0 Å². The molecule has 0 bridgehead atoms. The molecule has 0 aliphatic heterocycles. The summed E-state index contributed by atoms with van der Waals surface area (Å²) in [5.41, 5.74) is 3.20. The van der Waals surface area contributed by atoms with Gasteiger partial charge in [0.2, 0.25) is 0 Å². The Balaban J connectivity index is 2.00. The molecule has 0 spiro atoms. The Hall–Kier alpha value is -1.94. The van der Waals surface area contributed by atoms with Crippen molar-refractivity contribution in [3.05, 3.63) is 48.1 Å². The maximum absolute atomic E-state index is 4.58. The van der Waals surface area contributed by atoms with E-state index in [1.807, 2.05) is 24.4 Å². The van der Waals surface area contributed by atoms with Crippen LogP contribution in [0.2, 0.25) is 0 Å². The molecule has 0 atom stereocenters. The Morgan fingerprint density at radius 1 is 1.06 bits per heavy atom. The van der Waals surface area contributed by atoms with E-state index in [2.05, 4.69) is 32.7 Å². The van der Waals surface area contributed by atoms with Crippen LogP contribution in [0.3, 0.4) is 0 Å². The van der Waals surface area contributed by atoms with E-state index < -0.39 is 0 Å². The first-order valence-corrected chi connectivity index (χ1v) is 5.81. The molecule has 0 saturated carbocycles. The summed E-state index contributed by atoms with van der Waals surface area (Å²) >= 11 is 1.63. The van der Waals surface area contributed by atoms with Gasteiger partial charge in [-0.25, -0.2) is 4.98 Å². The molecular formula is C12H9N3S. The van der Waals surface area contributed by atoms with Crippen LogP contribution in [-0.4, -0.2) is 15.2 Å². The van der Waals surface area contributed by atoms with Gasteiger partial charge in [0.1, 0.15) is 5.01 Å². The lowest BCUT2D eigenvalue weighted by Crippen LogP contribution is -1.77. The standard InChI is InChI=1S/C12H9N3S/c1-2-4-9(5-3-1)11-8-16-12(15-11)10-6-13-14-7-10/h1-8H,(H,13,14). The first-order chi connectivity index (χ1) is 7.93. The van der Waals surface area contributed by atoms with E-state index in [1.54, 1.807) is 17.5 Å². The molecule has 3 aromatic rings. The zero-order valence-electron chi connectivity index (χ0n) is 8.42. The molecule has 4 heteroatoms. The Bertz CT molecular complexity index is 569. The number of hydrogen-bond acceptors (Lipinski definition) is 3. The fraction of sp³-hybridized carbons (Fsp3) is 0. The fourth-order valence-corrected chi connectivity index (χ4v) is 2.33. The van der Waals surface area contributed by atoms with E-state index in [1.165, 1.54) is 0 Å². The van der Waals surface area contributed by atoms with E-state index in [-0.39, 0.29) is 0 Å². The molecule has 0 aliphatic carbocycles. The summed E-state index contributed by atoms with van der Waals surface area (Å²) < 4.78 is 0. The largest absolute Gasteiger partial charge is 0.285 e.